The molecule has 0 saturated heterocycles. The normalized spacial score (nSPS) is 16.1. The first kappa shape index (κ1) is 15.9. The molecule has 0 aliphatic carbocycles. The molecule has 2 N–H and O–H groups in total. The highest BCUT2D eigenvalue weighted by Crippen LogP contribution is 2.31. The molecule has 2 amide bonds. The van der Waals surface area contributed by atoms with E-state index < -0.39 is 6.04 Å². The molecule has 0 spiro atoms. The van der Waals surface area contributed by atoms with Crippen molar-refractivity contribution in [2.24, 2.45) is 0 Å². The van der Waals surface area contributed by atoms with Gasteiger partial charge in [0.25, 0.3) is 0 Å². The number of aromatic nitrogens is 2. The van der Waals surface area contributed by atoms with Gasteiger partial charge in [-0.3, -0.25) is 9.59 Å². The van der Waals surface area contributed by atoms with Crippen LogP contribution in [-0.2, 0) is 9.59 Å². The Morgan fingerprint density at radius 2 is 2.12 bits per heavy atom. The highest BCUT2D eigenvalue weighted by Gasteiger charge is 2.32. The molecular formula is C16H18N4O4. The lowest BCUT2D eigenvalue weighted by atomic mass is 10.1. The topological polar surface area (TPSA) is 94.5 Å². The summed E-state index contributed by atoms with van der Waals surface area (Å²) in [5, 5.41) is 9.79. The van der Waals surface area contributed by atoms with Crippen LogP contribution in [0.3, 0.4) is 0 Å². The van der Waals surface area contributed by atoms with Crippen LogP contribution in [0.4, 0.5) is 11.5 Å². The van der Waals surface area contributed by atoms with Gasteiger partial charge in [-0.2, -0.15) is 5.10 Å². The number of aryl methyl sites for hydroxylation is 1. The lowest BCUT2D eigenvalue weighted by Gasteiger charge is -2.24. The molecule has 0 bridgehead atoms. The van der Waals surface area contributed by atoms with Crippen LogP contribution in [0.2, 0.25) is 0 Å². The van der Waals surface area contributed by atoms with Gasteiger partial charge in [-0.1, -0.05) is 0 Å². The smallest absolute Gasteiger partial charge is 0.249 e. The fraction of sp³-hybridized carbons (Fsp3) is 0.312. The summed E-state index contributed by atoms with van der Waals surface area (Å²) >= 11 is 0. The number of rotatable bonds is 4. The monoisotopic (exact) mass is 330 g/mol. The van der Waals surface area contributed by atoms with Crippen molar-refractivity contribution in [2.75, 3.05) is 24.9 Å². The van der Waals surface area contributed by atoms with Gasteiger partial charge in [0.15, 0.2) is 0 Å². The van der Waals surface area contributed by atoms with Crippen LogP contribution in [0.15, 0.2) is 24.3 Å². The van der Waals surface area contributed by atoms with E-state index in [0.717, 1.165) is 5.69 Å². The Kier molecular flexibility index (Phi) is 4.11. The van der Waals surface area contributed by atoms with Crippen molar-refractivity contribution in [3.05, 3.63) is 30.0 Å². The molecule has 0 saturated carbocycles. The molecule has 3 rings (SSSR count). The molecule has 0 radical (unpaired) electrons. The standard InChI is InChI=1S/C16H18N4O4/c1-9-6-14-18-15(21)8-12(20(14)19-9)16(22)17-11-7-10(23-2)4-5-13(11)24-3/h4-7,12H,8H2,1-3H3,(H,17,22)(H,18,21)/t12-/m0/s1. The lowest BCUT2D eigenvalue weighted by Crippen LogP contribution is -2.35. The minimum absolute atomic E-state index is 0.0201. The van der Waals surface area contributed by atoms with Gasteiger partial charge in [0.1, 0.15) is 23.4 Å². The summed E-state index contributed by atoms with van der Waals surface area (Å²) in [4.78, 5) is 24.6. The Balaban J connectivity index is 1.89. The van der Waals surface area contributed by atoms with E-state index in [1.807, 2.05) is 0 Å². The van der Waals surface area contributed by atoms with Crippen molar-refractivity contribution >= 4 is 23.3 Å². The van der Waals surface area contributed by atoms with E-state index in [1.165, 1.54) is 18.9 Å². The van der Waals surface area contributed by atoms with Gasteiger partial charge >= 0.3 is 0 Å². The molecule has 8 heteroatoms. The molecule has 2 aromatic rings. The van der Waals surface area contributed by atoms with E-state index >= 15 is 0 Å². The minimum atomic E-state index is -0.724. The Hall–Kier alpha value is -3.03. The van der Waals surface area contributed by atoms with Gasteiger partial charge in [-0.25, -0.2) is 4.68 Å². The van der Waals surface area contributed by atoms with Crippen LogP contribution >= 0.6 is 0 Å². The predicted molar refractivity (Wildman–Crippen MR) is 87.4 cm³/mol. The van der Waals surface area contributed by atoms with Crippen LogP contribution in [0.25, 0.3) is 0 Å². The van der Waals surface area contributed by atoms with Crippen LogP contribution in [-0.4, -0.2) is 35.8 Å². The van der Waals surface area contributed by atoms with E-state index in [2.05, 4.69) is 15.7 Å². The molecule has 0 unspecified atom stereocenters. The Bertz CT molecular complexity index is 799. The summed E-state index contributed by atoms with van der Waals surface area (Å²) in [7, 11) is 3.05. The maximum atomic E-state index is 12.7. The van der Waals surface area contributed by atoms with E-state index in [1.54, 1.807) is 31.2 Å². The maximum absolute atomic E-state index is 12.7. The number of methoxy groups -OCH3 is 2. The number of amides is 2. The first-order valence-corrected chi connectivity index (χ1v) is 7.40. The third-order valence-electron chi connectivity index (χ3n) is 3.77. The molecule has 1 aliphatic rings. The first-order chi connectivity index (χ1) is 11.5. The number of carbonyl (C=O) groups excluding carboxylic acids is 2. The van der Waals surface area contributed by atoms with E-state index in [4.69, 9.17) is 9.47 Å². The maximum Gasteiger partial charge on any atom is 0.249 e. The molecule has 8 nitrogen and oxygen atoms in total. The summed E-state index contributed by atoms with van der Waals surface area (Å²) in [6.45, 7) is 1.80. The number of hydrogen-bond acceptors (Lipinski definition) is 5. The second kappa shape index (κ2) is 6.23. The molecule has 0 fully saturated rings. The van der Waals surface area contributed by atoms with E-state index in [-0.39, 0.29) is 18.2 Å². The number of carbonyl (C=O) groups is 2. The second-order valence-electron chi connectivity index (χ2n) is 5.44. The largest absolute Gasteiger partial charge is 0.497 e. The zero-order valence-electron chi connectivity index (χ0n) is 13.6. The highest BCUT2D eigenvalue weighted by molar-refractivity contribution is 6.01. The Morgan fingerprint density at radius 1 is 1.33 bits per heavy atom. The average Bonchev–Trinajstić information content (AvgIpc) is 2.93. The summed E-state index contributed by atoms with van der Waals surface area (Å²) in [5.41, 5.74) is 1.20. The zero-order valence-corrected chi connectivity index (χ0v) is 13.6. The van der Waals surface area contributed by atoms with E-state index in [9.17, 15) is 9.59 Å². The number of ether oxygens (including phenoxy) is 2. The second-order valence-corrected chi connectivity index (χ2v) is 5.44. The molecule has 126 valence electrons. The third kappa shape index (κ3) is 2.90. The molecule has 1 aromatic heterocycles. The van der Waals surface area contributed by atoms with Crippen LogP contribution in [0.5, 0.6) is 11.5 Å². The number of hydrogen-bond donors (Lipinski definition) is 2. The molecule has 1 atom stereocenters. The van der Waals surface area contributed by atoms with Crippen molar-refractivity contribution in [2.45, 2.75) is 19.4 Å². The molecule has 1 aliphatic heterocycles. The lowest BCUT2D eigenvalue weighted by molar-refractivity contribution is -0.125. The van der Waals surface area contributed by atoms with E-state index in [0.29, 0.717) is 23.0 Å². The molecule has 2 heterocycles. The van der Waals surface area contributed by atoms with Crippen LogP contribution in [0, 0.1) is 6.92 Å². The minimum Gasteiger partial charge on any atom is -0.497 e. The van der Waals surface area contributed by atoms with Crippen molar-refractivity contribution in [1.29, 1.82) is 0 Å². The molecule has 24 heavy (non-hydrogen) atoms. The third-order valence-corrected chi connectivity index (χ3v) is 3.77. The Morgan fingerprint density at radius 3 is 2.83 bits per heavy atom. The highest BCUT2D eigenvalue weighted by atomic mass is 16.5. The predicted octanol–water partition coefficient (Wildman–Crippen LogP) is 1.73. The van der Waals surface area contributed by atoms with Gasteiger partial charge in [0.05, 0.1) is 32.0 Å². The zero-order chi connectivity index (χ0) is 17.3. The van der Waals surface area contributed by atoms with Crippen molar-refractivity contribution < 1.29 is 19.1 Å². The number of anilines is 2. The molecule has 1 aromatic carbocycles. The van der Waals surface area contributed by atoms with Crippen LogP contribution < -0.4 is 20.1 Å². The van der Waals surface area contributed by atoms with Gasteiger partial charge in [-0.15, -0.1) is 0 Å². The van der Waals surface area contributed by atoms with Crippen LogP contribution in [0.1, 0.15) is 18.2 Å². The summed E-state index contributed by atoms with van der Waals surface area (Å²) in [6, 6.07) is 6.10. The van der Waals surface area contributed by atoms with Crippen molar-refractivity contribution in [3.63, 3.8) is 0 Å². The summed E-state index contributed by atoms with van der Waals surface area (Å²) < 4.78 is 12.0. The van der Waals surface area contributed by atoms with Gasteiger partial charge in [-0.05, 0) is 19.1 Å². The quantitative estimate of drug-likeness (QED) is 0.890. The van der Waals surface area contributed by atoms with Crippen molar-refractivity contribution in [3.8, 4) is 11.5 Å². The Labute approximate surface area is 138 Å². The van der Waals surface area contributed by atoms with Crippen molar-refractivity contribution in [1.82, 2.24) is 9.78 Å². The number of nitrogens with zero attached hydrogens (tertiary/aromatic N) is 2. The summed E-state index contributed by atoms with van der Waals surface area (Å²) in [5.74, 6) is 1.03. The summed E-state index contributed by atoms with van der Waals surface area (Å²) in [6.07, 6.45) is 0.0201. The number of benzene rings is 1. The number of fused-ring (bicyclic) bond motifs is 1. The number of nitrogens with one attached hydrogen (secondary N) is 2. The fourth-order valence-electron chi connectivity index (χ4n) is 2.64. The van der Waals surface area contributed by atoms with Gasteiger partial charge in [0, 0.05) is 12.1 Å². The molecular weight excluding hydrogens is 312 g/mol. The SMILES string of the molecule is COc1ccc(OC)c(NC(=O)[C@@H]2CC(=O)Nc3cc(C)nn32)c1. The van der Waals surface area contributed by atoms with Gasteiger partial charge < -0.3 is 20.1 Å². The average molecular weight is 330 g/mol. The van der Waals surface area contributed by atoms with Gasteiger partial charge in [0.2, 0.25) is 11.8 Å². The first-order valence-electron chi connectivity index (χ1n) is 7.40. The fourth-order valence-corrected chi connectivity index (χ4v) is 2.64.